The summed E-state index contributed by atoms with van der Waals surface area (Å²) in [7, 11) is 0. The molecule has 124 valence electrons. The van der Waals surface area contributed by atoms with Gasteiger partial charge >= 0.3 is 0 Å². The molecule has 0 aliphatic rings. The Balaban J connectivity index is 1.97. The van der Waals surface area contributed by atoms with Crippen molar-refractivity contribution < 1.29 is 9.53 Å². The number of nitrogens with zero attached hydrogens (tertiary/aromatic N) is 1. The van der Waals surface area contributed by atoms with Crippen LogP contribution in [0.3, 0.4) is 0 Å². The molecule has 4 heteroatoms. The Labute approximate surface area is 143 Å². The molecule has 0 heterocycles. The van der Waals surface area contributed by atoms with E-state index in [1.165, 1.54) is 5.56 Å². The highest BCUT2D eigenvalue weighted by atomic mass is 16.5. The van der Waals surface area contributed by atoms with E-state index in [2.05, 4.69) is 26.1 Å². The fourth-order valence-electron chi connectivity index (χ4n) is 2.16. The summed E-state index contributed by atoms with van der Waals surface area (Å²) < 4.78 is 5.60. The molecule has 1 N–H and O–H groups in total. The summed E-state index contributed by atoms with van der Waals surface area (Å²) in [5, 5.41) is 11.6. The minimum atomic E-state index is -0.639. The number of ether oxygens (including phenoxy) is 1. The normalized spacial score (nSPS) is 12.1. The van der Waals surface area contributed by atoms with Crippen LogP contribution in [0, 0.1) is 11.3 Å². The number of carbonyl (C=O) groups is 1. The molecular weight excluding hydrogens is 300 g/mol. The molecule has 0 fully saturated rings. The number of nitrogens with one attached hydrogen (secondary N) is 1. The molecule has 0 aliphatic heterocycles. The maximum absolute atomic E-state index is 12.2. The van der Waals surface area contributed by atoms with Crippen LogP contribution in [-0.2, 0) is 10.2 Å². The van der Waals surface area contributed by atoms with Gasteiger partial charge in [0.2, 0.25) is 0 Å². The molecule has 2 rings (SSSR count). The number of amides is 1. The van der Waals surface area contributed by atoms with Crippen LogP contribution in [0.1, 0.15) is 38.8 Å². The Hall–Kier alpha value is -2.80. The lowest BCUT2D eigenvalue weighted by Gasteiger charge is -2.19. The van der Waals surface area contributed by atoms with Gasteiger partial charge < -0.3 is 10.1 Å². The number of nitriles is 1. The molecule has 0 saturated heterocycles. The van der Waals surface area contributed by atoms with Gasteiger partial charge in [-0.3, -0.25) is 4.79 Å². The van der Waals surface area contributed by atoms with Crippen LogP contribution in [-0.4, -0.2) is 12.0 Å². The van der Waals surface area contributed by atoms with Crippen LogP contribution in [0.4, 0.5) is 5.69 Å². The molecule has 1 atom stereocenters. The molecule has 0 saturated carbocycles. The summed E-state index contributed by atoms with van der Waals surface area (Å²) in [5.74, 6) is 0.336. The summed E-state index contributed by atoms with van der Waals surface area (Å²) in [4.78, 5) is 12.2. The van der Waals surface area contributed by atoms with E-state index in [0.29, 0.717) is 11.3 Å². The van der Waals surface area contributed by atoms with Crippen molar-refractivity contribution in [3.8, 4) is 11.8 Å². The number of hydrogen-bond donors (Lipinski definition) is 1. The topological polar surface area (TPSA) is 62.1 Å². The van der Waals surface area contributed by atoms with Gasteiger partial charge in [-0.05, 0) is 54.3 Å². The average molecular weight is 322 g/mol. The van der Waals surface area contributed by atoms with E-state index >= 15 is 0 Å². The maximum atomic E-state index is 12.2. The van der Waals surface area contributed by atoms with E-state index in [4.69, 9.17) is 10.00 Å². The predicted molar refractivity (Wildman–Crippen MR) is 95.0 cm³/mol. The third-order valence-electron chi connectivity index (χ3n) is 3.68. The third-order valence-corrected chi connectivity index (χ3v) is 3.68. The molecule has 0 radical (unpaired) electrons. The maximum Gasteiger partial charge on any atom is 0.265 e. The zero-order chi connectivity index (χ0) is 17.7. The van der Waals surface area contributed by atoms with Gasteiger partial charge in [0, 0.05) is 5.69 Å². The number of hydrogen-bond acceptors (Lipinski definition) is 3. The summed E-state index contributed by atoms with van der Waals surface area (Å²) in [5.41, 5.74) is 2.58. The Morgan fingerprint density at radius 3 is 2.17 bits per heavy atom. The number of benzene rings is 2. The van der Waals surface area contributed by atoms with Crippen LogP contribution >= 0.6 is 0 Å². The van der Waals surface area contributed by atoms with Crippen molar-refractivity contribution in [3.05, 3.63) is 59.7 Å². The first-order valence-electron chi connectivity index (χ1n) is 7.88. The second-order valence-electron chi connectivity index (χ2n) is 6.71. The van der Waals surface area contributed by atoms with Crippen molar-refractivity contribution in [1.82, 2.24) is 0 Å². The Morgan fingerprint density at radius 1 is 1.08 bits per heavy atom. The lowest BCUT2D eigenvalue weighted by atomic mass is 9.87. The fraction of sp³-hybridized carbons (Fsp3) is 0.300. The molecular formula is C20H22N2O2. The molecule has 1 unspecified atom stereocenters. The Morgan fingerprint density at radius 2 is 1.67 bits per heavy atom. The van der Waals surface area contributed by atoms with E-state index < -0.39 is 6.10 Å². The zero-order valence-electron chi connectivity index (χ0n) is 14.5. The number of carbonyl (C=O) groups excluding carboxylic acids is 1. The van der Waals surface area contributed by atoms with Gasteiger partial charge in [-0.1, -0.05) is 32.9 Å². The van der Waals surface area contributed by atoms with Gasteiger partial charge in [0.1, 0.15) is 5.75 Å². The predicted octanol–water partition coefficient (Wildman–Crippen LogP) is 4.26. The minimum Gasteiger partial charge on any atom is -0.481 e. The molecule has 24 heavy (non-hydrogen) atoms. The highest BCUT2D eigenvalue weighted by Crippen LogP contribution is 2.23. The van der Waals surface area contributed by atoms with Crippen molar-refractivity contribution >= 4 is 11.6 Å². The second-order valence-corrected chi connectivity index (χ2v) is 6.71. The first-order valence-corrected chi connectivity index (χ1v) is 7.88. The van der Waals surface area contributed by atoms with Gasteiger partial charge in [0.15, 0.2) is 6.10 Å². The van der Waals surface area contributed by atoms with Crippen LogP contribution in [0.5, 0.6) is 5.75 Å². The van der Waals surface area contributed by atoms with Crippen molar-refractivity contribution in [2.24, 2.45) is 0 Å². The number of rotatable bonds is 4. The first-order chi connectivity index (χ1) is 11.3. The molecule has 0 aliphatic carbocycles. The summed E-state index contributed by atoms with van der Waals surface area (Å²) in [6.07, 6.45) is -0.639. The fourth-order valence-corrected chi connectivity index (χ4v) is 2.16. The molecule has 0 spiro atoms. The van der Waals surface area contributed by atoms with Crippen LogP contribution in [0.2, 0.25) is 0 Å². The highest BCUT2D eigenvalue weighted by molar-refractivity contribution is 5.94. The van der Waals surface area contributed by atoms with Gasteiger partial charge in [-0.2, -0.15) is 5.26 Å². The monoisotopic (exact) mass is 322 g/mol. The first kappa shape index (κ1) is 17.6. The van der Waals surface area contributed by atoms with Crippen molar-refractivity contribution in [3.63, 3.8) is 0 Å². The quantitative estimate of drug-likeness (QED) is 0.914. The highest BCUT2D eigenvalue weighted by Gasteiger charge is 2.16. The Kier molecular flexibility index (Phi) is 5.25. The van der Waals surface area contributed by atoms with E-state index in [1.54, 1.807) is 31.2 Å². The second kappa shape index (κ2) is 7.18. The van der Waals surface area contributed by atoms with Gasteiger partial charge in [0.25, 0.3) is 5.91 Å². The van der Waals surface area contributed by atoms with Crippen LogP contribution in [0.25, 0.3) is 0 Å². The van der Waals surface area contributed by atoms with E-state index in [1.807, 2.05) is 30.3 Å². The molecule has 0 aromatic heterocycles. The molecule has 1 amide bonds. The van der Waals surface area contributed by atoms with Crippen LogP contribution < -0.4 is 10.1 Å². The van der Waals surface area contributed by atoms with E-state index in [0.717, 1.165) is 5.69 Å². The number of anilines is 1. The smallest absolute Gasteiger partial charge is 0.265 e. The summed E-state index contributed by atoms with van der Waals surface area (Å²) in [6, 6.07) is 16.5. The third kappa shape index (κ3) is 4.60. The van der Waals surface area contributed by atoms with E-state index in [-0.39, 0.29) is 11.3 Å². The van der Waals surface area contributed by atoms with E-state index in [9.17, 15) is 4.79 Å². The standard InChI is InChI=1S/C20H22N2O2/c1-14(24-18-11-5-15(13-21)6-12-18)19(23)22-17-9-7-16(8-10-17)20(2,3)4/h5-12,14H,1-4H3,(H,22,23). The van der Waals surface area contributed by atoms with Crippen molar-refractivity contribution in [2.45, 2.75) is 39.2 Å². The van der Waals surface area contributed by atoms with Crippen LogP contribution in [0.15, 0.2) is 48.5 Å². The Bertz CT molecular complexity index is 735. The molecule has 4 nitrogen and oxygen atoms in total. The molecule has 2 aromatic rings. The summed E-state index contributed by atoms with van der Waals surface area (Å²) >= 11 is 0. The molecule has 2 aromatic carbocycles. The van der Waals surface area contributed by atoms with Crippen molar-refractivity contribution in [1.29, 1.82) is 5.26 Å². The average Bonchev–Trinajstić information content (AvgIpc) is 2.55. The molecule has 0 bridgehead atoms. The van der Waals surface area contributed by atoms with Gasteiger partial charge in [0.05, 0.1) is 11.6 Å². The van der Waals surface area contributed by atoms with Gasteiger partial charge in [-0.15, -0.1) is 0 Å². The lowest BCUT2D eigenvalue weighted by Crippen LogP contribution is -2.30. The SMILES string of the molecule is CC(Oc1ccc(C#N)cc1)C(=O)Nc1ccc(C(C)(C)C)cc1. The zero-order valence-corrected chi connectivity index (χ0v) is 14.5. The minimum absolute atomic E-state index is 0.0779. The van der Waals surface area contributed by atoms with Crippen molar-refractivity contribution in [2.75, 3.05) is 5.32 Å². The van der Waals surface area contributed by atoms with Gasteiger partial charge in [-0.25, -0.2) is 0 Å². The largest absolute Gasteiger partial charge is 0.481 e. The summed E-state index contributed by atoms with van der Waals surface area (Å²) in [6.45, 7) is 8.13. The lowest BCUT2D eigenvalue weighted by molar-refractivity contribution is -0.122.